The minimum absolute atomic E-state index is 0.260. The number of hydrogen-bond acceptors (Lipinski definition) is 3. The van der Waals surface area contributed by atoms with Gasteiger partial charge in [-0.25, -0.2) is 0 Å². The number of carbonyl (C=O) groups is 1. The second-order valence-corrected chi connectivity index (χ2v) is 5.58. The van der Waals surface area contributed by atoms with Gasteiger partial charge in [0.15, 0.2) is 0 Å². The zero-order valence-corrected chi connectivity index (χ0v) is 11.3. The molecule has 0 radical (unpaired) electrons. The monoisotopic (exact) mass is 239 g/mol. The van der Waals surface area contributed by atoms with Crippen LogP contribution in [0.4, 0.5) is 0 Å². The van der Waals surface area contributed by atoms with Crippen molar-refractivity contribution in [3.8, 4) is 0 Å². The molecule has 2 aliphatic rings. The van der Waals surface area contributed by atoms with Crippen molar-refractivity contribution in [2.75, 3.05) is 33.2 Å². The van der Waals surface area contributed by atoms with E-state index in [0.717, 1.165) is 45.4 Å². The predicted octanol–water partition coefficient (Wildman–Crippen LogP) is 0.681. The number of amides is 1. The highest BCUT2D eigenvalue weighted by Gasteiger charge is 2.43. The van der Waals surface area contributed by atoms with E-state index >= 15 is 0 Å². The highest BCUT2D eigenvalue weighted by molar-refractivity contribution is 5.87. The van der Waals surface area contributed by atoms with Crippen LogP contribution in [0.2, 0.25) is 0 Å². The number of rotatable bonds is 2. The second-order valence-electron chi connectivity index (χ2n) is 5.58. The van der Waals surface area contributed by atoms with Gasteiger partial charge in [0, 0.05) is 25.7 Å². The first-order valence-corrected chi connectivity index (χ1v) is 6.84. The smallest absolute Gasteiger partial charge is 0.243 e. The van der Waals surface area contributed by atoms with Crippen molar-refractivity contribution in [2.24, 2.45) is 0 Å². The Morgan fingerprint density at radius 1 is 1.47 bits per heavy atom. The van der Waals surface area contributed by atoms with Crippen LogP contribution in [0.25, 0.3) is 0 Å². The summed E-state index contributed by atoms with van der Waals surface area (Å²) < 4.78 is 0. The standard InChI is InChI=1S/C13H25N3O/c1-4-13(6-5-7-14-13)12(17)16-9-8-15(3)10-11(16)2/h11,14H,4-10H2,1-3H3. The molecule has 0 aliphatic carbocycles. The largest absolute Gasteiger partial charge is 0.336 e. The van der Waals surface area contributed by atoms with E-state index in [4.69, 9.17) is 0 Å². The van der Waals surface area contributed by atoms with Crippen LogP contribution in [0.1, 0.15) is 33.1 Å². The van der Waals surface area contributed by atoms with Crippen LogP contribution in [-0.2, 0) is 4.79 Å². The van der Waals surface area contributed by atoms with Crippen LogP contribution in [-0.4, -0.2) is 60.5 Å². The van der Waals surface area contributed by atoms with Crippen LogP contribution < -0.4 is 5.32 Å². The number of hydrogen-bond donors (Lipinski definition) is 1. The third kappa shape index (κ3) is 2.33. The van der Waals surface area contributed by atoms with Crippen molar-refractivity contribution >= 4 is 5.91 Å². The molecule has 2 fully saturated rings. The van der Waals surface area contributed by atoms with Crippen LogP contribution in [0.3, 0.4) is 0 Å². The zero-order valence-electron chi connectivity index (χ0n) is 11.3. The molecule has 2 heterocycles. The minimum Gasteiger partial charge on any atom is -0.336 e. The molecule has 4 heteroatoms. The van der Waals surface area contributed by atoms with Crippen molar-refractivity contribution in [2.45, 2.75) is 44.7 Å². The van der Waals surface area contributed by atoms with Crippen molar-refractivity contribution in [3.63, 3.8) is 0 Å². The molecule has 0 aromatic carbocycles. The van der Waals surface area contributed by atoms with E-state index in [1.54, 1.807) is 0 Å². The van der Waals surface area contributed by atoms with Crippen molar-refractivity contribution < 1.29 is 4.79 Å². The van der Waals surface area contributed by atoms with Gasteiger partial charge < -0.3 is 15.1 Å². The number of likely N-dealkylation sites (N-methyl/N-ethyl adjacent to an activating group) is 1. The van der Waals surface area contributed by atoms with Crippen LogP contribution in [0.5, 0.6) is 0 Å². The Hall–Kier alpha value is -0.610. The lowest BCUT2D eigenvalue weighted by Gasteiger charge is -2.42. The number of nitrogens with zero attached hydrogens (tertiary/aromatic N) is 2. The van der Waals surface area contributed by atoms with Crippen molar-refractivity contribution in [1.82, 2.24) is 15.1 Å². The molecule has 2 aliphatic heterocycles. The van der Waals surface area contributed by atoms with Crippen molar-refractivity contribution in [1.29, 1.82) is 0 Å². The average Bonchev–Trinajstić information content (AvgIpc) is 2.78. The molecule has 0 saturated carbocycles. The van der Waals surface area contributed by atoms with E-state index in [2.05, 4.69) is 36.0 Å². The predicted molar refractivity (Wildman–Crippen MR) is 68.9 cm³/mol. The van der Waals surface area contributed by atoms with Gasteiger partial charge in [-0.15, -0.1) is 0 Å². The Balaban J connectivity index is 2.08. The molecule has 17 heavy (non-hydrogen) atoms. The maximum atomic E-state index is 12.7. The Morgan fingerprint density at radius 2 is 2.24 bits per heavy atom. The Labute approximate surface area is 104 Å². The van der Waals surface area contributed by atoms with Crippen molar-refractivity contribution in [3.05, 3.63) is 0 Å². The number of piperazine rings is 1. The highest BCUT2D eigenvalue weighted by Crippen LogP contribution is 2.27. The minimum atomic E-state index is -0.260. The molecule has 1 amide bonds. The summed E-state index contributed by atoms with van der Waals surface area (Å²) in [6, 6.07) is 0.340. The molecular weight excluding hydrogens is 214 g/mol. The topological polar surface area (TPSA) is 35.6 Å². The van der Waals surface area contributed by atoms with E-state index in [1.165, 1.54) is 0 Å². The molecular formula is C13H25N3O. The van der Waals surface area contributed by atoms with Gasteiger partial charge in [-0.05, 0) is 39.8 Å². The summed E-state index contributed by atoms with van der Waals surface area (Å²) in [5.41, 5.74) is -0.260. The van der Waals surface area contributed by atoms with E-state index < -0.39 is 0 Å². The third-order valence-electron chi connectivity index (χ3n) is 4.35. The first-order chi connectivity index (χ1) is 8.09. The lowest BCUT2D eigenvalue weighted by atomic mass is 9.91. The second kappa shape index (κ2) is 4.94. The normalized spacial score (nSPS) is 35.2. The maximum absolute atomic E-state index is 12.7. The fraction of sp³-hybridized carbons (Fsp3) is 0.923. The lowest BCUT2D eigenvalue weighted by Crippen LogP contribution is -2.61. The first-order valence-electron chi connectivity index (χ1n) is 6.84. The molecule has 2 rings (SSSR count). The SMILES string of the molecule is CCC1(C(=O)N2CCN(C)CC2C)CCCN1. The molecule has 98 valence electrons. The summed E-state index contributed by atoms with van der Waals surface area (Å²) in [4.78, 5) is 17.1. The molecule has 0 spiro atoms. The fourth-order valence-corrected chi connectivity index (χ4v) is 3.16. The highest BCUT2D eigenvalue weighted by atomic mass is 16.2. The zero-order chi connectivity index (χ0) is 12.5. The number of nitrogens with one attached hydrogen (secondary N) is 1. The molecule has 4 nitrogen and oxygen atoms in total. The molecule has 1 N–H and O–H groups in total. The summed E-state index contributed by atoms with van der Waals surface area (Å²) in [6.45, 7) is 8.13. The van der Waals surface area contributed by atoms with Crippen LogP contribution in [0, 0.1) is 0 Å². The van der Waals surface area contributed by atoms with Gasteiger partial charge in [0.1, 0.15) is 0 Å². The van der Waals surface area contributed by atoms with Gasteiger partial charge in [0.05, 0.1) is 5.54 Å². The molecule has 2 saturated heterocycles. The van der Waals surface area contributed by atoms with E-state index in [-0.39, 0.29) is 5.54 Å². The molecule has 2 atom stereocenters. The van der Waals surface area contributed by atoms with Crippen LogP contribution in [0.15, 0.2) is 0 Å². The summed E-state index contributed by atoms with van der Waals surface area (Å²) in [6.07, 6.45) is 3.04. The van der Waals surface area contributed by atoms with Crippen LogP contribution >= 0.6 is 0 Å². The number of carbonyl (C=O) groups excluding carboxylic acids is 1. The van der Waals surface area contributed by atoms with Gasteiger partial charge in [-0.2, -0.15) is 0 Å². The van der Waals surface area contributed by atoms with E-state index in [9.17, 15) is 4.79 Å². The molecule has 0 bridgehead atoms. The van der Waals surface area contributed by atoms with Gasteiger partial charge in [-0.1, -0.05) is 6.92 Å². The summed E-state index contributed by atoms with van der Waals surface area (Å²) >= 11 is 0. The van der Waals surface area contributed by atoms with E-state index in [0.29, 0.717) is 11.9 Å². The first kappa shape index (κ1) is 12.8. The van der Waals surface area contributed by atoms with E-state index in [1.807, 2.05) is 0 Å². The van der Waals surface area contributed by atoms with Gasteiger partial charge >= 0.3 is 0 Å². The maximum Gasteiger partial charge on any atom is 0.243 e. The molecule has 0 aromatic rings. The van der Waals surface area contributed by atoms with Gasteiger partial charge in [0.25, 0.3) is 0 Å². The lowest BCUT2D eigenvalue weighted by molar-refractivity contribution is -0.142. The Kier molecular flexibility index (Phi) is 3.73. The van der Waals surface area contributed by atoms with Gasteiger partial charge in [0.2, 0.25) is 5.91 Å². The van der Waals surface area contributed by atoms with Gasteiger partial charge in [-0.3, -0.25) is 4.79 Å². The summed E-state index contributed by atoms with van der Waals surface area (Å²) in [5, 5.41) is 3.44. The third-order valence-corrected chi connectivity index (χ3v) is 4.35. The summed E-state index contributed by atoms with van der Waals surface area (Å²) in [7, 11) is 2.13. The Bertz CT molecular complexity index is 286. The quantitative estimate of drug-likeness (QED) is 0.770. The molecule has 2 unspecified atom stereocenters. The summed E-state index contributed by atoms with van der Waals surface area (Å²) in [5.74, 6) is 0.332. The Morgan fingerprint density at radius 3 is 2.76 bits per heavy atom. The molecule has 0 aromatic heterocycles. The fourth-order valence-electron chi connectivity index (χ4n) is 3.16. The average molecular weight is 239 g/mol.